The number of fused-ring (bicyclic) bond motifs is 1. The molecular formula is C20H17Cl2NO4S2. The zero-order valence-corrected chi connectivity index (χ0v) is 18.5. The fraction of sp³-hybridized carbons (Fsp3) is 0.200. The van der Waals surface area contributed by atoms with E-state index in [0.29, 0.717) is 32.2 Å². The van der Waals surface area contributed by atoms with Crippen LogP contribution in [0.3, 0.4) is 0 Å². The van der Waals surface area contributed by atoms with E-state index < -0.39 is 5.91 Å². The average molecular weight is 470 g/mol. The van der Waals surface area contributed by atoms with Crippen molar-refractivity contribution >= 4 is 68.3 Å². The van der Waals surface area contributed by atoms with Gasteiger partial charge in [0, 0.05) is 30.6 Å². The molecule has 0 saturated carbocycles. The number of hydrogen-bond acceptors (Lipinski definition) is 6. The Morgan fingerprint density at radius 3 is 2.66 bits per heavy atom. The Balaban J connectivity index is 1.82. The van der Waals surface area contributed by atoms with Gasteiger partial charge in [-0.25, -0.2) is 0 Å². The number of halogens is 2. The maximum atomic E-state index is 11.9. The second kappa shape index (κ2) is 9.71. The maximum Gasteiger partial charge on any atom is 0.316 e. The first-order valence-corrected chi connectivity index (χ1v) is 11.2. The topological polar surface area (TPSA) is 78.6 Å². The van der Waals surface area contributed by atoms with E-state index in [2.05, 4.69) is 0 Å². The van der Waals surface area contributed by atoms with Gasteiger partial charge in [0.05, 0.1) is 12.4 Å². The van der Waals surface area contributed by atoms with Crippen molar-refractivity contribution < 1.29 is 19.1 Å². The number of thioether (sulfide) groups is 1. The molecule has 3 aromatic rings. The third-order valence-electron chi connectivity index (χ3n) is 3.89. The highest BCUT2D eigenvalue weighted by Crippen LogP contribution is 2.40. The van der Waals surface area contributed by atoms with Crippen LogP contribution in [0.2, 0.25) is 10.0 Å². The summed E-state index contributed by atoms with van der Waals surface area (Å²) in [5.41, 5.74) is 6.34. The van der Waals surface area contributed by atoms with Gasteiger partial charge >= 0.3 is 5.97 Å². The second-order valence-electron chi connectivity index (χ2n) is 5.90. The first-order chi connectivity index (χ1) is 13.9. The lowest BCUT2D eigenvalue weighted by molar-refractivity contribution is -0.139. The lowest BCUT2D eigenvalue weighted by atomic mass is 10.2. The number of thiophene rings is 1. The Hall–Kier alpha value is -1.93. The standard InChI is InChI=1S/C20H17Cl2NO4S2/c1-2-26-17(24)10-28-18-14-6-5-13(8-16(14)29-19(18)20(23)25)27-9-11-3-4-12(21)7-15(11)22/h3-8H,2,9-10H2,1H3,(H2,23,25). The van der Waals surface area contributed by atoms with Crippen molar-refractivity contribution in [1.29, 1.82) is 0 Å². The quantitative estimate of drug-likeness (QED) is 0.345. The number of ether oxygens (including phenoxy) is 2. The molecule has 29 heavy (non-hydrogen) atoms. The number of carbonyl (C=O) groups excluding carboxylic acids is 2. The predicted octanol–water partition coefficient (Wildman–Crippen LogP) is 5.54. The molecule has 0 fully saturated rings. The molecule has 0 radical (unpaired) electrons. The van der Waals surface area contributed by atoms with Gasteiger partial charge in [0.1, 0.15) is 17.2 Å². The Kier molecular flexibility index (Phi) is 7.29. The minimum absolute atomic E-state index is 0.104. The summed E-state index contributed by atoms with van der Waals surface area (Å²) in [7, 11) is 0. The van der Waals surface area contributed by atoms with E-state index in [1.807, 2.05) is 18.2 Å². The minimum Gasteiger partial charge on any atom is -0.489 e. The molecule has 9 heteroatoms. The van der Waals surface area contributed by atoms with Crippen molar-refractivity contribution in [3.8, 4) is 5.75 Å². The first kappa shape index (κ1) is 21.8. The number of nitrogens with two attached hydrogens (primary N) is 1. The van der Waals surface area contributed by atoms with Crippen LogP contribution in [0.4, 0.5) is 0 Å². The maximum absolute atomic E-state index is 11.9. The molecular weight excluding hydrogens is 453 g/mol. The van der Waals surface area contributed by atoms with E-state index in [0.717, 1.165) is 15.6 Å². The summed E-state index contributed by atoms with van der Waals surface area (Å²) >= 11 is 14.6. The Bertz CT molecular complexity index is 1070. The molecule has 0 aliphatic rings. The molecule has 0 aliphatic heterocycles. The number of carbonyl (C=O) groups is 2. The van der Waals surface area contributed by atoms with E-state index in [9.17, 15) is 9.59 Å². The fourth-order valence-corrected chi connectivity index (χ4v) is 5.30. The van der Waals surface area contributed by atoms with Crippen molar-refractivity contribution in [2.24, 2.45) is 5.73 Å². The lowest BCUT2D eigenvalue weighted by Gasteiger charge is -2.08. The molecule has 0 bridgehead atoms. The van der Waals surface area contributed by atoms with Crippen LogP contribution in [0.1, 0.15) is 22.2 Å². The number of benzene rings is 2. The van der Waals surface area contributed by atoms with Gasteiger partial charge in [0.25, 0.3) is 5.91 Å². The molecule has 2 N–H and O–H groups in total. The number of rotatable bonds is 8. The van der Waals surface area contributed by atoms with E-state index in [1.165, 1.54) is 23.1 Å². The number of primary amides is 1. The molecule has 0 unspecified atom stereocenters. The smallest absolute Gasteiger partial charge is 0.316 e. The molecule has 0 spiro atoms. The zero-order valence-electron chi connectivity index (χ0n) is 15.4. The Morgan fingerprint density at radius 1 is 1.17 bits per heavy atom. The van der Waals surface area contributed by atoms with Crippen LogP contribution in [0.25, 0.3) is 10.1 Å². The molecule has 3 rings (SSSR count). The van der Waals surface area contributed by atoms with E-state index in [1.54, 1.807) is 25.1 Å². The third kappa shape index (κ3) is 5.36. The highest BCUT2D eigenvalue weighted by atomic mass is 35.5. The molecule has 5 nitrogen and oxygen atoms in total. The summed E-state index contributed by atoms with van der Waals surface area (Å²) in [6.07, 6.45) is 0. The van der Waals surface area contributed by atoms with Gasteiger partial charge in [-0.05, 0) is 37.3 Å². The Morgan fingerprint density at radius 2 is 1.97 bits per heavy atom. The van der Waals surface area contributed by atoms with Gasteiger partial charge in [-0.15, -0.1) is 23.1 Å². The second-order valence-corrected chi connectivity index (χ2v) is 8.78. The van der Waals surface area contributed by atoms with Crippen LogP contribution < -0.4 is 10.5 Å². The van der Waals surface area contributed by atoms with Crippen molar-refractivity contribution in [2.75, 3.05) is 12.4 Å². The molecule has 1 aromatic heterocycles. The summed E-state index contributed by atoms with van der Waals surface area (Å²) in [5.74, 6) is -0.143. The SMILES string of the molecule is CCOC(=O)CSc1c(C(N)=O)sc2cc(OCc3ccc(Cl)cc3Cl)ccc12. The Labute approximate surface area is 186 Å². The highest BCUT2D eigenvalue weighted by molar-refractivity contribution is 8.00. The van der Waals surface area contributed by atoms with Crippen molar-refractivity contribution in [3.05, 3.63) is 56.9 Å². The number of esters is 1. The third-order valence-corrected chi connectivity index (χ3v) is 6.86. The molecule has 152 valence electrons. The van der Waals surface area contributed by atoms with Crippen molar-refractivity contribution in [1.82, 2.24) is 0 Å². The highest BCUT2D eigenvalue weighted by Gasteiger charge is 2.19. The van der Waals surface area contributed by atoms with Gasteiger partial charge in [-0.1, -0.05) is 29.3 Å². The molecule has 0 saturated heterocycles. The average Bonchev–Trinajstić information content (AvgIpc) is 3.04. The number of amides is 1. The molecule has 1 heterocycles. The van der Waals surface area contributed by atoms with Gasteiger partial charge in [-0.2, -0.15) is 0 Å². The van der Waals surface area contributed by atoms with Gasteiger partial charge in [0.2, 0.25) is 0 Å². The largest absolute Gasteiger partial charge is 0.489 e. The van der Waals surface area contributed by atoms with Crippen molar-refractivity contribution in [3.63, 3.8) is 0 Å². The van der Waals surface area contributed by atoms with Crippen LogP contribution in [0, 0.1) is 0 Å². The van der Waals surface area contributed by atoms with E-state index in [4.69, 9.17) is 38.4 Å². The van der Waals surface area contributed by atoms with E-state index >= 15 is 0 Å². The summed E-state index contributed by atoms with van der Waals surface area (Å²) in [4.78, 5) is 24.6. The van der Waals surface area contributed by atoms with Crippen LogP contribution in [0.5, 0.6) is 5.75 Å². The minimum atomic E-state index is -0.534. The molecule has 1 amide bonds. The van der Waals surface area contributed by atoms with Crippen LogP contribution >= 0.6 is 46.3 Å². The number of hydrogen-bond donors (Lipinski definition) is 1. The molecule has 2 aromatic carbocycles. The van der Waals surface area contributed by atoms with Crippen LogP contribution in [0.15, 0.2) is 41.3 Å². The normalized spacial score (nSPS) is 10.9. The summed E-state index contributed by atoms with van der Waals surface area (Å²) in [6, 6.07) is 10.7. The predicted molar refractivity (Wildman–Crippen MR) is 118 cm³/mol. The molecule has 0 aliphatic carbocycles. The summed E-state index contributed by atoms with van der Waals surface area (Å²) < 4.78 is 11.6. The van der Waals surface area contributed by atoms with Crippen molar-refractivity contribution in [2.45, 2.75) is 18.4 Å². The summed E-state index contributed by atoms with van der Waals surface area (Å²) in [6.45, 7) is 2.33. The van der Waals surface area contributed by atoms with E-state index in [-0.39, 0.29) is 18.3 Å². The van der Waals surface area contributed by atoms with Crippen LogP contribution in [-0.4, -0.2) is 24.2 Å². The van der Waals surface area contributed by atoms with Gasteiger partial charge in [-0.3, -0.25) is 9.59 Å². The van der Waals surface area contributed by atoms with Gasteiger partial charge < -0.3 is 15.2 Å². The lowest BCUT2D eigenvalue weighted by Crippen LogP contribution is -2.11. The fourth-order valence-electron chi connectivity index (χ4n) is 2.58. The zero-order chi connectivity index (χ0) is 21.0. The molecule has 0 atom stereocenters. The summed E-state index contributed by atoms with van der Waals surface area (Å²) in [5, 5.41) is 1.93. The first-order valence-electron chi connectivity index (χ1n) is 8.60. The van der Waals surface area contributed by atoms with Crippen LogP contribution in [-0.2, 0) is 16.1 Å². The van der Waals surface area contributed by atoms with Gasteiger partial charge in [0.15, 0.2) is 0 Å². The monoisotopic (exact) mass is 469 g/mol.